The highest BCUT2D eigenvalue weighted by Crippen LogP contribution is 2.20. The number of hydrogen-bond acceptors (Lipinski definition) is 4. The summed E-state index contributed by atoms with van der Waals surface area (Å²) in [7, 11) is 0. The molecule has 2 aromatic rings. The van der Waals surface area contributed by atoms with Crippen LogP contribution in [0.3, 0.4) is 0 Å². The molecule has 2 rings (SSSR count). The highest BCUT2D eigenvalue weighted by molar-refractivity contribution is 6.05. The Morgan fingerprint density at radius 2 is 2.06 bits per heavy atom. The summed E-state index contributed by atoms with van der Waals surface area (Å²) in [5.41, 5.74) is 9.20. The lowest BCUT2D eigenvalue weighted by Crippen LogP contribution is -2.14. The Hall–Kier alpha value is -2.30. The summed E-state index contributed by atoms with van der Waals surface area (Å²) >= 11 is 0. The van der Waals surface area contributed by atoms with Crippen molar-refractivity contribution >= 4 is 17.5 Å². The summed E-state index contributed by atoms with van der Waals surface area (Å²) < 4.78 is 5.04. The van der Waals surface area contributed by atoms with Crippen LogP contribution in [-0.4, -0.2) is 11.1 Å². The van der Waals surface area contributed by atoms with E-state index in [0.29, 0.717) is 17.1 Å². The van der Waals surface area contributed by atoms with Gasteiger partial charge in [0.15, 0.2) is 0 Å². The molecular formula is C13H15N3O2. The Morgan fingerprint density at radius 3 is 2.67 bits per heavy atom. The number of aryl methyl sites for hydroxylation is 2. The molecular weight excluding hydrogens is 230 g/mol. The number of carbonyl (C=O) groups excluding carboxylic acids is 1. The molecule has 1 heterocycles. The van der Waals surface area contributed by atoms with E-state index in [-0.39, 0.29) is 5.91 Å². The molecule has 0 aliphatic heterocycles. The highest BCUT2D eigenvalue weighted by atomic mass is 16.5. The number of hydrogen-bond donors (Lipinski definition) is 2. The van der Waals surface area contributed by atoms with E-state index in [2.05, 4.69) is 10.5 Å². The number of nitrogens with two attached hydrogens (primary N) is 1. The monoisotopic (exact) mass is 245 g/mol. The Kier molecular flexibility index (Phi) is 3.06. The van der Waals surface area contributed by atoms with Crippen LogP contribution < -0.4 is 11.1 Å². The van der Waals surface area contributed by atoms with Gasteiger partial charge in [-0.15, -0.1) is 0 Å². The summed E-state index contributed by atoms with van der Waals surface area (Å²) in [4.78, 5) is 12.1. The molecule has 0 saturated carbocycles. The predicted octanol–water partition coefficient (Wildman–Crippen LogP) is 2.43. The number of benzene rings is 1. The topological polar surface area (TPSA) is 81.2 Å². The Bertz CT molecular complexity index is 602. The number of nitrogens with zero attached hydrogens (tertiary/aromatic N) is 1. The normalized spacial score (nSPS) is 10.4. The third kappa shape index (κ3) is 2.20. The minimum atomic E-state index is -0.251. The molecule has 5 nitrogen and oxygen atoms in total. The van der Waals surface area contributed by atoms with Crippen molar-refractivity contribution in [2.24, 2.45) is 0 Å². The first-order valence-corrected chi connectivity index (χ1v) is 5.59. The molecule has 0 saturated heterocycles. The van der Waals surface area contributed by atoms with Crippen LogP contribution in [0.4, 0.5) is 11.6 Å². The van der Waals surface area contributed by atoms with Crippen molar-refractivity contribution < 1.29 is 9.32 Å². The van der Waals surface area contributed by atoms with Gasteiger partial charge in [-0.1, -0.05) is 11.2 Å². The van der Waals surface area contributed by atoms with Crippen LogP contribution in [0.15, 0.2) is 22.7 Å². The predicted molar refractivity (Wildman–Crippen MR) is 69.5 cm³/mol. The molecule has 1 aromatic carbocycles. The summed E-state index contributed by atoms with van der Waals surface area (Å²) in [6, 6.07) is 5.21. The first-order chi connectivity index (χ1) is 8.49. The zero-order chi connectivity index (χ0) is 13.3. The van der Waals surface area contributed by atoms with Crippen molar-refractivity contribution in [3.8, 4) is 0 Å². The molecule has 18 heavy (non-hydrogen) atoms. The Morgan fingerprint density at radius 1 is 1.33 bits per heavy atom. The molecule has 0 spiro atoms. The maximum atomic E-state index is 12.1. The molecule has 0 atom stereocenters. The van der Waals surface area contributed by atoms with Gasteiger partial charge < -0.3 is 10.3 Å². The fourth-order valence-corrected chi connectivity index (χ4v) is 1.59. The van der Waals surface area contributed by atoms with Crippen LogP contribution in [0.2, 0.25) is 0 Å². The van der Waals surface area contributed by atoms with Crippen molar-refractivity contribution in [1.29, 1.82) is 0 Å². The van der Waals surface area contributed by atoms with E-state index in [1.54, 1.807) is 12.1 Å². The lowest BCUT2D eigenvalue weighted by molar-refractivity contribution is 0.102. The van der Waals surface area contributed by atoms with Crippen LogP contribution in [0, 0.1) is 20.8 Å². The van der Waals surface area contributed by atoms with Crippen LogP contribution in [-0.2, 0) is 0 Å². The third-order valence-electron chi connectivity index (χ3n) is 2.89. The van der Waals surface area contributed by atoms with Gasteiger partial charge in [-0.3, -0.25) is 10.1 Å². The second-order valence-corrected chi connectivity index (χ2v) is 4.25. The Labute approximate surface area is 105 Å². The number of anilines is 2. The quantitative estimate of drug-likeness (QED) is 0.796. The number of aromatic nitrogens is 1. The molecule has 0 unspecified atom stereocenters. The molecule has 5 heteroatoms. The van der Waals surface area contributed by atoms with Crippen LogP contribution >= 0.6 is 0 Å². The number of nitrogens with one attached hydrogen (secondary N) is 1. The summed E-state index contributed by atoms with van der Waals surface area (Å²) in [5, 5.41) is 6.48. The first kappa shape index (κ1) is 12.2. The largest absolute Gasteiger partial charge is 0.399 e. The standard InChI is InChI=1S/C13H15N3O2/c1-7-4-5-10(14)6-11(7)12(17)15-13-8(2)9(3)16-18-13/h4-6H,14H2,1-3H3,(H,15,17). The summed E-state index contributed by atoms with van der Waals surface area (Å²) in [5.74, 6) is 0.123. The zero-order valence-corrected chi connectivity index (χ0v) is 10.6. The first-order valence-electron chi connectivity index (χ1n) is 5.59. The minimum Gasteiger partial charge on any atom is -0.399 e. The van der Waals surface area contributed by atoms with E-state index in [9.17, 15) is 4.79 Å². The van der Waals surface area contributed by atoms with Gasteiger partial charge >= 0.3 is 0 Å². The van der Waals surface area contributed by atoms with E-state index in [1.807, 2.05) is 26.8 Å². The fourth-order valence-electron chi connectivity index (χ4n) is 1.59. The molecule has 1 amide bonds. The Balaban J connectivity index is 2.27. The van der Waals surface area contributed by atoms with E-state index < -0.39 is 0 Å². The highest BCUT2D eigenvalue weighted by Gasteiger charge is 2.14. The van der Waals surface area contributed by atoms with Crippen molar-refractivity contribution in [2.75, 3.05) is 11.1 Å². The molecule has 0 bridgehead atoms. The summed E-state index contributed by atoms with van der Waals surface area (Å²) in [6.07, 6.45) is 0. The second kappa shape index (κ2) is 4.52. The fraction of sp³-hybridized carbons (Fsp3) is 0.231. The van der Waals surface area contributed by atoms with Crippen molar-refractivity contribution in [3.05, 3.63) is 40.6 Å². The van der Waals surface area contributed by atoms with E-state index in [1.165, 1.54) is 0 Å². The molecule has 0 radical (unpaired) electrons. The average Bonchev–Trinajstić information content (AvgIpc) is 2.64. The third-order valence-corrected chi connectivity index (χ3v) is 2.89. The van der Waals surface area contributed by atoms with Gasteiger partial charge in [-0.25, -0.2) is 0 Å². The van der Waals surface area contributed by atoms with Crippen molar-refractivity contribution in [3.63, 3.8) is 0 Å². The lowest BCUT2D eigenvalue weighted by Gasteiger charge is -2.06. The van der Waals surface area contributed by atoms with Gasteiger partial charge in [0.25, 0.3) is 5.91 Å². The molecule has 94 valence electrons. The number of carbonyl (C=O) groups is 1. The smallest absolute Gasteiger partial charge is 0.258 e. The molecule has 1 aromatic heterocycles. The maximum Gasteiger partial charge on any atom is 0.258 e. The van der Waals surface area contributed by atoms with Crippen LogP contribution in [0.25, 0.3) is 0 Å². The number of amides is 1. The van der Waals surface area contributed by atoms with Crippen LogP contribution in [0.1, 0.15) is 27.2 Å². The number of rotatable bonds is 2. The van der Waals surface area contributed by atoms with Gasteiger partial charge in [-0.05, 0) is 38.5 Å². The van der Waals surface area contributed by atoms with Gasteiger partial charge in [0.2, 0.25) is 5.88 Å². The van der Waals surface area contributed by atoms with E-state index in [0.717, 1.165) is 16.8 Å². The van der Waals surface area contributed by atoms with Crippen LogP contribution in [0.5, 0.6) is 0 Å². The summed E-state index contributed by atoms with van der Waals surface area (Å²) in [6.45, 7) is 5.51. The van der Waals surface area contributed by atoms with Gasteiger partial charge in [0, 0.05) is 16.8 Å². The van der Waals surface area contributed by atoms with E-state index >= 15 is 0 Å². The lowest BCUT2D eigenvalue weighted by atomic mass is 10.1. The molecule has 0 fully saturated rings. The SMILES string of the molecule is Cc1ccc(N)cc1C(=O)Nc1onc(C)c1C. The molecule has 0 aliphatic carbocycles. The van der Waals surface area contributed by atoms with Gasteiger partial charge in [0.1, 0.15) is 0 Å². The van der Waals surface area contributed by atoms with Crippen molar-refractivity contribution in [2.45, 2.75) is 20.8 Å². The van der Waals surface area contributed by atoms with Gasteiger partial charge in [-0.2, -0.15) is 0 Å². The maximum absolute atomic E-state index is 12.1. The van der Waals surface area contributed by atoms with Crippen molar-refractivity contribution in [1.82, 2.24) is 5.16 Å². The number of nitrogen functional groups attached to an aromatic ring is 1. The van der Waals surface area contributed by atoms with E-state index in [4.69, 9.17) is 10.3 Å². The molecule has 0 aliphatic rings. The second-order valence-electron chi connectivity index (χ2n) is 4.25. The average molecular weight is 245 g/mol. The van der Waals surface area contributed by atoms with Gasteiger partial charge in [0.05, 0.1) is 5.69 Å². The zero-order valence-electron chi connectivity index (χ0n) is 10.6. The minimum absolute atomic E-state index is 0.251. The molecule has 3 N–H and O–H groups in total.